The summed E-state index contributed by atoms with van der Waals surface area (Å²) < 4.78 is 16.1. The average molecular weight is 452 g/mol. The summed E-state index contributed by atoms with van der Waals surface area (Å²) >= 11 is 1.38. The van der Waals surface area contributed by atoms with E-state index in [4.69, 9.17) is 14.2 Å². The fourth-order valence-electron chi connectivity index (χ4n) is 3.77. The Bertz CT molecular complexity index is 1200. The van der Waals surface area contributed by atoms with Gasteiger partial charge in [0.05, 0.1) is 38.2 Å². The predicted octanol–water partition coefficient (Wildman–Crippen LogP) is 4.40. The molecule has 2 heterocycles. The zero-order valence-electron chi connectivity index (χ0n) is 17.7. The molecule has 1 aromatic heterocycles. The number of aliphatic hydroxyl groups is 1. The van der Waals surface area contributed by atoms with Crippen LogP contribution in [0.3, 0.4) is 0 Å². The van der Waals surface area contributed by atoms with Crippen molar-refractivity contribution in [1.29, 1.82) is 0 Å². The molecule has 4 rings (SSSR count). The number of para-hydroxylation sites is 2. The van der Waals surface area contributed by atoms with Gasteiger partial charge in [-0.05, 0) is 41.8 Å². The molecule has 1 amide bonds. The average Bonchev–Trinajstić information content (AvgIpc) is 3.45. The predicted molar refractivity (Wildman–Crippen MR) is 122 cm³/mol. The lowest BCUT2D eigenvalue weighted by Gasteiger charge is -2.25. The SMILES string of the molecule is COc1ccc(OC)c(/C(O)=C2/C(=O)C(=O)N(c3ccccc3OC)C2c2cccs2)c1. The molecule has 1 unspecified atom stereocenters. The van der Waals surface area contributed by atoms with Gasteiger partial charge in [-0.3, -0.25) is 14.5 Å². The third-order valence-electron chi connectivity index (χ3n) is 5.26. The van der Waals surface area contributed by atoms with Gasteiger partial charge in [0, 0.05) is 4.88 Å². The molecule has 0 bridgehead atoms. The highest BCUT2D eigenvalue weighted by atomic mass is 32.1. The summed E-state index contributed by atoms with van der Waals surface area (Å²) in [6.07, 6.45) is 0. The molecule has 1 aliphatic heterocycles. The first-order valence-corrected chi connectivity index (χ1v) is 10.6. The van der Waals surface area contributed by atoms with Crippen molar-refractivity contribution in [1.82, 2.24) is 0 Å². The van der Waals surface area contributed by atoms with E-state index in [9.17, 15) is 14.7 Å². The lowest BCUT2D eigenvalue weighted by Crippen LogP contribution is -2.29. The van der Waals surface area contributed by atoms with Crippen molar-refractivity contribution in [3.63, 3.8) is 0 Å². The maximum Gasteiger partial charge on any atom is 0.300 e. The Balaban J connectivity index is 1.98. The summed E-state index contributed by atoms with van der Waals surface area (Å²) in [5, 5.41) is 13.2. The summed E-state index contributed by atoms with van der Waals surface area (Å²) in [5.74, 6) is -0.631. The van der Waals surface area contributed by atoms with E-state index in [-0.39, 0.29) is 16.9 Å². The Morgan fingerprint density at radius 2 is 1.69 bits per heavy atom. The topological polar surface area (TPSA) is 85.3 Å². The molecule has 0 saturated carbocycles. The van der Waals surface area contributed by atoms with Crippen molar-refractivity contribution in [2.24, 2.45) is 0 Å². The van der Waals surface area contributed by atoms with Crippen LogP contribution in [-0.2, 0) is 9.59 Å². The van der Waals surface area contributed by atoms with Crippen molar-refractivity contribution < 1.29 is 28.9 Å². The Morgan fingerprint density at radius 1 is 0.938 bits per heavy atom. The molecule has 2 aromatic carbocycles. The molecule has 3 aromatic rings. The summed E-state index contributed by atoms with van der Waals surface area (Å²) in [4.78, 5) is 28.6. The van der Waals surface area contributed by atoms with Gasteiger partial charge in [-0.25, -0.2) is 0 Å². The molecule has 1 aliphatic rings. The van der Waals surface area contributed by atoms with Crippen molar-refractivity contribution in [2.75, 3.05) is 26.2 Å². The number of hydrogen-bond acceptors (Lipinski definition) is 7. The van der Waals surface area contributed by atoms with E-state index in [0.717, 1.165) is 4.88 Å². The highest BCUT2D eigenvalue weighted by molar-refractivity contribution is 7.10. The number of aliphatic hydroxyl groups excluding tert-OH is 1. The summed E-state index contributed by atoms with van der Waals surface area (Å²) in [6, 6.07) is 14.6. The first-order chi connectivity index (χ1) is 15.5. The molecule has 7 nitrogen and oxygen atoms in total. The van der Waals surface area contributed by atoms with E-state index in [1.54, 1.807) is 42.5 Å². The second-order valence-electron chi connectivity index (χ2n) is 6.92. The highest BCUT2D eigenvalue weighted by Gasteiger charge is 2.48. The molecule has 0 radical (unpaired) electrons. The van der Waals surface area contributed by atoms with Gasteiger partial charge in [0.15, 0.2) is 0 Å². The zero-order valence-corrected chi connectivity index (χ0v) is 18.5. The number of amides is 1. The van der Waals surface area contributed by atoms with Crippen LogP contribution in [0.1, 0.15) is 16.5 Å². The largest absolute Gasteiger partial charge is 0.507 e. The summed E-state index contributed by atoms with van der Waals surface area (Å²) in [5.41, 5.74) is 0.661. The Hall–Kier alpha value is -3.78. The lowest BCUT2D eigenvalue weighted by atomic mass is 9.99. The molecule has 1 N–H and O–H groups in total. The number of Topliss-reactive ketones (excluding diaryl/α,β-unsaturated/α-hetero) is 1. The van der Waals surface area contributed by atoms with Crippen LogP contribution in [0.2, 0.25) is 0 Å². The second-order valence-corrected chi connectivity index (χ2v) is 7.90. The number of carbonyl (C=O) groups is 2. The Morgan fingerprint density at radius 3 is 2.34 bits per heavy atom. The number of methoxy groups -OCH3 is 3. The van der Waals surface area contributed by atoms with Crippen molar-refractivity contribution in [3.05, 3.63) is 76.0 Å². The number of nitrogens with zero attached hydrogens (tertiary/aromatic N) is 1. The van der Waals surface area contributed by atoms with Gasteiger partial charge in [0.25, 0.3) is 11.7 Å². The number of anilines is 1. The quantitative estimate of drug-likeness (QED) is 0.340. The standard InChI is InChI=1S/C24H21NO6S/c1-29-14-10-11-17(30-2)15(13-14)22(26)20-21(19-9-6-12-32-19)25(24(28)23(20)27)16-7-4-5-8-18(16)31-3/h4-13,21,26H,1-3H3/b22-20-. The minimum atomic E-state index is -0.831. The van der Waals surface area contributed by atoms with Crippen LogP contribution in [0.4, 0.5) is 5.69 Å². The smallest absolute Gasteiger partial charge is 0.300 e. The van der Waals surface area contributed by atoms with Gasteiger partial charge in [0.1, 0.15) is 29.0 Å². The summed E-state index contributed by atoms with van der Waals surface area (Å²) in [7, 11) is 4.46. The molecule has 1 atom stereocenters. The van der Waals surface area contributed by atoms with Crippen molar-refractivity contribution in [3.8, 4) is 17.2 Å². The number of thiophene rings is 1. The van der Waals surface area contributed by atoms with Crippen molar-refractivity contribution in [2.45, 2.75) is 6.04 Å². The highest BCUT2D eigenvalue weighted by Crippen LogP contribution is 2.46. The molecular formula is C24H21NO6S. The van der Waals surface area contributed by atoms with E-state index in [2.05, 4.69) is 0 Å². The Kier molecular flexibility index (Phi) is 5.87. The fourth-order valence-corrected chi connectivity index (χ4v) is 4.59. The van der Waals surface area contributed by atoms with Gasteiger partial charge in [-0.2, -0.15) is 0 Å². The fraction of sp³-hybridized carbons (Fsp3) is 0.167. The maximum absolute atomic E-state index is 13.2. The van der Waals surface area contributed by atoms with Gasteiger partial charge < -0.3 is 19.3 Å². The van der Waals surface area contributed by atoms with Crippen molar-refractivity contribution >= 4 is 34.5 Å². The van der Waals surface area contributed by atoms with E-state index >= 15 is 0 Å². The second kappa shape index (κ2) is 8.76. The molecule has 164 valence electrons. The third-order valence-corrected chi connectivity index (χ3v) is 6.19. The minimum Gasteiger partial charge on any atom is -0.507 e. The normalized spacial score (nSPS) is 17.5. The van der Waals surface area contributed by atoms with Gasteiger partial charge >= 0.3 is 0 Å². The molecule has 1 saturated heterocycles. The van der Waals surface area contributed by atoms with Crippen LogP contribution in [0.25, 0.3) is 5.76 Å². The van der Waals surface area contributed by atoms with Crippen LogP contribution in [0.15, 0.2) is 65.6 Å². The third kappa shape index (κ3) is 3.48. The molecule has 32 heavy (non-hydrogen) atoms. The van der Waals surface area contributed by atoms with Crippen LogP contribution in [0, 0.1) is 0 Å². The molecule has 0 aliphatic carbocycles. The van der Waals surface area contributed by atoms with E-state index < -0.39 is 17.7 Å². The monoisotopic (exact) mass is 451 g/mol. The molecule has 0 spiro atoms. The van der Waals surface area contributed by atoms with Gasteiger partial charge in [-0.15, -0.1) is 11.3 Å². The van der Waals surface area contributed by atoms with Crippen LogP contribution < -0.4 is 19.1 Å². The molecule has 1 fully saturated rings. The number of rotatable bonds is 6. The van der Waals surface area contributed by atoms with Crippen LogP contribution in [-0.4, -0.2) is 38.1 Å². The van der Waals surface area contributed by atoms with E-state index in [1.807, 2.05) is 17.5 Å². The first kappa shape index (κ1) is 21.5. The van der Waals surface area contributed by atoms with Crippen LogP contribution in [0.5, 0.6) is 17.2 Å². The van der Waals surface area contributed by atoms with Gasteiger partial charge in [0.2, 0.25) is 0 Å². The first-order valence-electron chi connectivity index (χ1n) is 9.71. The van der Waals surface area contributed by atoms with Crippen LogP contribution >= 0.6 is 11.3 Å². The van der Waals surface area contributed by atoms with Gasteiger partial charge in [-0.1, -0.05) is 18.2 Å². The summed E-state index contributed by atoms with van der Waals surface area (Å²) in [6.45, 7) is 0. The Labute approximate surface area is 189 Å². The van der Waals surface area contributed by atoms with E-state index in [1.165, 1.54) is 37.6 Å². The minimum absolute atomic E-state index is 0.0325. The number of hydrogen-bond donors (Lipinski definition) is 1. The number of ether oxygens (including phenoxy) is 3. The molecule has 8 heteroatoms. The number of benzene rings is 2. The number of carbonyl (C=O) groups excluding carboxylic acids is 2. The van der Waals surface area contributed by atoms with E-state index in [0.29, 0.717) is 22.9 Å². The number of ketones is 1. The lowest BCUT2D eigenvalue weighted by molar-refractivity contribution is -0.132. The maximum atomic E-state index is 13.2. The zero-order chi connectivity index (χ0) is 22.8. The molecular weight excluding hydrogens is 430 g/mol.